The van der Waals surface area contributed by atoms with E-state index < -0.39 is 0 Å². The molecule has 14 heavy (non-hydrogen) atoms. The predicted molar refractivity (Wildman–Crippen MR) is 67.0 cm³/mol. The molecule has 1 aliphatic rings. The van der Waals surface area contributed by atoms with E-state index in [1.807, 2.05) is 11.8 Å². The Kier molecular flexibility index (Phi) is 5.95. The van der Waals surface area contributed by atoms with Crippen LogP contribution in [0.5, 0.6) is 0 Å². The molecule has 84 valence electrons. The second kappa shape index (κ2) is 6.73. The highest BCUT2D eigenvalue weighted by Crippen LogP contribution is 2.30. The van der Waals surface area contributed by atoms with E-state index in [-0.39, 0.29) is 0 Å². The van der Waals surface area contributed by atoms with Gasteiger partial charge in [-0.15, -0.1) is 0 Å². The van der Waals surface area contributed by atoms with E-state index in [4.69, 9.17) is 0 Å². The Bertz CT molecular complexity index is 145. The van der Waals surface area contributed by atoms with Crippen molar-refractivity contribution in [1.82, 2.24) is 5.32 Å². The first kappa shape index (κ1) is 12.4. The third-order valence-electron chi connectivity index (χ3n) is 3.18. The molecule has 1 saturated carbocycles. The molecule has 1 nitrogen and oxygen atoms in total. The topological polar surface area (TPSA) is 12.0 Å². The second-order valence-electron chi connectivity index (χ2n) is 4.90. The molecule has 0 saturated heterocycles. The predicted octanol–water partition coefficient (Wildman–Crippen LogP) is 3.15. The van der Waals surface area contributed by atoms with Crippen molar-refractivity contribution in [1.29, 1.82) is 0 Å². The van der Waals surface area contributed by atoms with Crippen LogP contribution in [0.1, 0.15) is 39.5 Å². The molecule has 2 atom stereocenters. The molecule has 0 amide bonds. The van der Waals surface area contributed by atoms with Crippen LogP contribution in [0.3, 0.4) is 0 Å². The maximum absolute atomic E-state index is 3.65. The van der Waals surface area contributed by atoms with Crippen molar-refractivity contribution >= 4 is 11.8 Å². The van der Waals surface area contributed by atoms with E-state index in [2.05, 4.69) is 25.4 Å². The van der Waals surface area contributed by atoms with E-state index in [0.29, 0.717) is 0 Å². The van der Waals surface area contributed by atoms with Crippen molar-refractivity contribution in [3.8, 4) is 0 Å². The molecule has 0 radical (unpaired) electrons. The summed E-state index contributed by atoms with van der Waals surface area (Å²) in [7, 11) is 0. The van der Waals surface area contributed by atoms with Gasteiger partial charge in [0.25, 0.3) is 0 Å². The highest BCUT2D eigenvalue weighted by atomic mass is 32.2. The van der Waals surface area contributed by atoms with Gasteiger partial charge in [-0.05, 0) is 43.7 Å². The smallest absolute Gasteiger partial charge is 0.00414 e. The van der Waals surface area contributed by atoms with Crippen molar-refractivity contribution in [2.75, 3.05) is 18.6 Å². The maximum Gasteiger partial charge on any atom is 0.00414 e. The quantitative estimate of drug-likeness (QED) is 0.700. The van der Waals surface area contributed by atoms with Crippen LogP contribution in [-0.4, -0.2) is 24.6 Å². The number of hydrogen-bond acceptors (Lipinski definition) is 2. The van der Waals surface area contributed by atoms with Crippen molar-refractivity contribution in [2.45, 2.75) is 45.6 Å². The first-order chi connectivity index (χ1) is 6.72. The summed E-state index contributed by atoms with van der Waals surface area (Å²) in [4.78, 5) is 0. The highest BCUT2D eigenvalue weighted by molar-refractivity contribution is 7.98. The van der Waals surface area contributed by atoms with Crippen LogP contribution < -0.4 is 5.32 Å². The molecule has 1 fully saturated rings. The molecule has 1 rings (SSSR count). The van der Waals surface area contributed by atoms with Crippen LogP contribution in [-0.2, 0) is 0 Å². The molecule has 0 aromatic heterocycles. The van der Waals surface area contributed by atoms with Gasteiger partial charge in [0.05, 0.1) is 0 Å². The molecule has 0 aliphatic heterocycles. The van der Waals surface area contributed by atoms with Crippen LogP contribution >= 0.6 is 11.8 Å². The Balaban J connectivity index is 1.98. The Morgan fingerprint density at radius 3 is 2.57 bits per heavy atom. The minimum Gasteiger partial charge on any atom is -0.314 e. The van der Waals surface area contributed by atoms with E-state index in [9.17, 15) is 0 Å². The van der Waals surface area contributed by atoms with Crippen LogP contribution in [0.2, 0.25) is 0 Å². The first-order valence-corrected chi connectivity index (χ1v) is 7.34. The van der Waals surface area contributed by atoms with Crippen LogP contribution in [0, 0.1) is 11.8 Å². The molecule has 2 unspecified atom stereocenters. The van der Waals surface area contributed by atoms with Crippen LogP contribution in [0.15, 0.2) is 0 Å². The number of nitrogens with one attached hydrogen (secondary N) is 1. The van der Waals surface area contributed by atoms with Gasteiger partial charge in [0, 0.05) is 6.04 Å². The number of hydrogen-bond donors (Lipinski definition) is 1. The van der Waals surface area contributed by atoms with Gasteiger partial charge in [-0.3, -0.25) is 0 Å². The minimum atomic E-state index is 0.726. The summed E-state index contributed by atoms with van der Waals surface area (Å²) in [6.45, 7) is 5.86. The third-order valence-corrected chi connectivity index (χ3v) is 4.08. The fourth-order valence-corrected chi connectivity index (χ4v) is 2.74. The standard InChI is InChI=1S/C12H25NS/c1-10(9-14-3)8-13-11(2)7-12-5-4-6-12/h10-13H,4-9H2,1-3H3. The highest BCUT2D eigenvalue weighted by Gasteiger charge is 2.19. The SMILES string of the molecule is CSCC(C)CNC(C)CC1CCC1. The van der Waals surface area contributed by atoms with Gasteiger partial charge in [-0.1, -0.05) is 26.2 Å². The molecule has 0 spiro atoms. The summed E-state index contributed by atoms with van der Waals surface area (Å²) in [6, 6.07) is 0.726. The van der Waals surface area contributed by atoms with Crippen molar-refractivity contribution in [3.05, 3.63) is 0 Å². The van der Waals surface area contributed by atoms with Gasteiger partial charge < -0.3 is 5.32 Å². The van der Waals surface area contributed by atoms with Crippen molar-refractivity contribution in [3.63, 3.8) is 0 Å². The summed E-state index contributed by atoms with van der Waals surface area (Å²) in [5.41, 5.74) is 0. The van der Waals surface area contributed by atoms with Gasteiger partial charge >= 0.3 is 0 Å². The third kappa shape index (κ3) is 4.70. The van der Waals surface area contributed by atoms with E-state index >= 15 is 0 Å². The largest absolute Gasteiger partial charge is 0.314 e. The van der Waals surface area contributed by atoms with Gasteiger partial charge in [0.2, 0.25) is 0 Å². The normalized spacial score (nSPS) is 21.6. The summed E-state index contributed by atoms with van der Waals surface area (Å²) in [5.74, 6) is 3.13. The Morgan fingerprint density at radius 2 is 2.07 bits per heavy atom. The van der Waals surface area contributed by atoms with Crippen molar-refractivity contribution in [2.24, 2.45) is 11.8 Å². The summed E-state index contributed by atoms with van der Waals surface area (Å²) >= 11 is 1.95. The monoisotopic (exact) mass is 215 g/mol. The molecule has 1 N–H and O–H groups in total. The molecule has 0 aromatic rings. The number of thioether (sulfide) groups is 1. The van der Waals surface area contributed by atoms with Gasteiger partial charge in [0.15, 0.2) is 0 Å². The minimum absolute atomic E-state index is 0.726. The Labute approximate surface area is 93.4 Å². The van der Waals surface area contributed by atoms with Crippen LogP contribution in [0.4, 0.5) is 0 Å². The van der Waals surface area contributed by atoms with Crippen molar-refractivity contribution < 1.29 is 0 Å². The Hall–Kier alpha value is 0.310. The molecule has 1 aliphatic carbocycles. The summed E-state index contributed by atoms with van der Waals surface area (Å²) in [5, 5.41) is 3.65. The lowest BCUT2D eigenvalue weighted by Crippen LogP contribution is -2.33. The first-order valence-electron chi connectivity index (χ1n) is 5.94. The summed E-state index contributed by atoms with van der Waals surface area (Å²) < 4.78 is 0. The van der Waals surface area contributed by atoms with E-state index in [1.54, 1.807) is 0 Å². The zero-order valence-corrected chi connectivity index (χ0v) is 10.7. The zero-order valence-electron chi connectivity index (χ0n) is 9.88. The summed E-state index contributed by atoms with van der Waals surface area (Å²) in [6.07, 6.45) is 8.01. The van der Waals surface area contributed by atoms with Gasteiger partial charge in [-0.2, -0.15) is 11.8 Å². The molecule has 2 heteroatoms. The molecular weight excluding hydrogens is 190 g/mol. The van der Waals surface area contributed by atoms with E-state index in [0.717, 1.165) is 17.9 Å². The fourth-order valence-electron chi connectivity index (χ4n) is 2.06. The molecular formula is C12H25NS. The lowest BCUT2D eigenvalue weighted by Gasteiger charge is -2.29. The lowest BCUT2D eigenvalue weighted by atomic mass is 9.81. The van der Waals surface area contributed by atoms with Gasteiger partial charge in [0.1, 0.15) is 0 Å². The lowest BCUT2D eigenvalue weighted by molar-refractivity contribution is 0.263. The average molecular weight is 215 g/mol. The van der Waals surface area contributed by atoms with E-state index in [1.165, 1.54) is 38.0 Å². The Morgan fingerprint density at radius 1 is 1.36 bits per heavy atom. The second-order valence-corrected chi connectivity index (χ2v) is 5.81. The zero-order chi connectivity index (χ0) is 10.4. The number of rotatable bonds is 7. The van der Waals surface area contributed by atoms with Crippen LogP contribution in [0.25, 0.3) is 0 Å². The molecule has 0 bridgehead atoms. The average Bonchev–Trinajstić information content (AvgIpc) is 2.09. The fraction of sp³-hybridized carbons (Fsp3) is 1.00. The molecule has 0 aromatic carbocycles. The van der Waals surface area contributed by atoms with Gasteiger partial charge in [-0.25, -0.2) is 0 Å². The maximum atomic E-state index is 3.65. The molecule has 0 heterocycles.